The van der Waals surface area contributed by atoms with Crippen molar-refractivity contribution < 1.29 is 22.9 Å². The summed E-state index contributed by atoms with van der Waals surface area (Å²) in [4.78, 5) is 25.6. The summed E-state index contributed by atoms with van der Waals surface area (Å²) in [6.45, 7) is 7.83. The van der Waals surface area contributed by atoms with Crippen LogP contribution in [0.3, 0.4) is 0 Å². The van der Waals surface area contributed by atoms with Gasteiger partial charge < -0.3 is 10.2 Å². The van der Waals surface area contributed by atoms with E-state index in [4.69, 9.17) is 0 Å². The van der Waals surface area contributed by atoms with Gasteiger partial charge in [-0.15, -0.1) is 0 Å². The lowest BCUT2D eigenvalue weighted by atomic mass is 9.91. The molecule has 0 atom stereocenters. The molecular formula is C21H34N3O4S+. The van der Waals surface area contributed by atoms with Crippen LogP contribution in [0, 0.1) is 11.3 Å². The topological polar surface area (TPSA) is 88.0 Å². The molecule has 1 aromatic carbocycles. The van der Waals surface area contributed by atoms with Crippen LogP contribution in [-0.2, 0) is 14.8 Å². The number of quaternary nitrogens is 1. The monoisotopic (exact) mass is 424 g/mol. The van der Waals surface area contributed by atoms with Crippen molar-refractivity contribution in [2.45, 2.75) is 38.5 Å². The Bertz CT molecular complexity index is 841. The van der Waals surface area contributed by atoms with E-state index in [-0.39, 0.29) is 27.9 Å². The summed E-state index contributed by atoms with van der Waals surface area (Å²) >= 11 is 0. The molecule has 0 aromatic heterocycles. The molecule has 0 unspecified atom stereocenters. The number of benzene rings is 1. The minimum Gasteiger partial charge on any atom is -0.355 e. The molecule has 0 bridgehead atoms. The van der Waals surface area contributed by atoms with Gasteiger partial charge in [0, 0.05) is 36.5 Å². The van der Waals surface area contributed by atoms with E-state index in [9.17, 15) is 18.0 Å². The van der Waals surface area contributed by atoms with Gasteiger partial charge in [0.05, 0.1) is 25.5 Å². The van der Waals surface area contributed by atoms with E-state index in [1.165, 1.54) is 28.3 Å². The molecule has 0 aliphatic carbocycles. The Balaban J connectivity index is 1.95. The highest BCUT2D eigenvalue weighted by Crippen LogP contribution is 2.25. The van der Waals surface area contributed by atoms with Crippen molar-refractivity contribution >= 4 is 21.7 Å². The predicted molar refractivity (Wildman–Crippen MR) is 112 cm³/mol. The first-order valence-electron chi connectivity index (χ1n) is 10.1. The number of Topliss-reactive ketones (excluding diaryl/α,β-unsaturated/α-hetero) is 1. The molecule has 0 saturated carbocycles. The second-order valence-corrected chi connectivity index (χ2v) is 11.0. The van der Waals surface area contributed by atoms with E-state index in [0.29, 0.717) is 38.0 Å². The number of rotatable bonds is 8. The Morgan fingerprint density at radius 2 is 1.83 bits per heavy atom. The Morgan fingerprint density at radius 3 is 2.38 bits per heavy atom. The summed E-state index contributed by atoms with van der Waals surface area (Å²) in [5.74, 6) is -0.341. The van der Waals surface area contributed by atoms with Crippen LogP contribution in [0.15, 0.2) is 29.2 Å². The van der Waals surface area contributed by atoms with Gasteiger partial charge in [0.15, 0.2) is 5.78 Å². The van der Waals surface area contributed by atoms with Crippen molar-refractivity contribution in [3.8, 4) is 0 Å². The minimum absolute atomic E-state index is 0.000261. The molecule has 1 aromatic rings. The van der Waals surface area contributed by atoms with Crippen LogP contribution in [0.4, 0.5) is 0 Å². The smallest absolute Gasteiger partial charge is 0.243 e. The number of carbonyl (C=O) groups is 2. The van der Waals surface area contributed by atoms with E-state index in [1.807, 2.05) is 0 Å². The SMILES string of the molecule is CC(=O)c1cccc(S(=O)(=O)N2CCC(C(=O)NCC(C)(C)C[NH+](C)C)CC2)c1. The molecule has 162 valence electrons. The first-order valence-corrected chi connectivity index (χ1v) is 11.5. The lowest BCUT2D eigenvalue weighted by Crippen LogP contribution is -3.07. The molecule has 8 heteroatoms. The Labute approximate surface area is 174 Å². The van der Waals surface area contributed by atoms with E-state index in [1.54, 1.807) is 12.1 Å². The summed E-state index contributed by atoms with van der Waals surface area (Å²) in [5, 5.41) is 3.05. The van der Waals surface area contributed by atoms with Crippen molar-refractivity contribution in [1.82, 2.24) is 9.62 Å². The molecule has 29 heavy (non-hydrogen) atoms. The summed E-state index contributed by atoms with van der Waals surface area (Å²) in [5.41, 5.74) is 0.378. The van der Waals surface area contributed by atoms with Gasteiger partial charge in [0.2, 0.25) is 15.9 Å². The number of amides is 1. The van der Waals surface area contributed by atoms with E-state index in [0.717, 1.165) is 6.54 Å². The van der Waals surface area contributed by atoms with Gasteiger partial charge in [0.1, 0.15) is 0 Å². The second-order valence-electron chi connectivity index (χ2n) is 9.03. The van der Waals surface area contributed by atoms with Crippen molar-refractivity contribution in [2.24, 2.45) is 11.3 Å². The molecule has 1 aliphatic heterocycles. The zero-order valence-electron chi connectivity index (χ0n) is 18.1. The van der Waals surface area contributed by atoms with Crippen molar-refractivity contribution in [1.29, 1.82) is 0 Å². The lowest BCUT2D eigenvalue weighted by molar-refractivity contribution is -0.865. The molecule has 1 fully saturated rings. The van der Waals surface area contributed by atoms with Gasteiger partial charge in [0.25, 0.3) is 0 Å². The highest BCUT2D eigenvalue weighted by atomic mass is 32.2. The number of piperidine rings is 1. The van der Waals surface area contributed by atoms with Crippen molar-refractivity contribution in [3.05, 3.63) is 29.8 Å². The minimum atomic E-state index is -3.67. The van der Waals surface area contributed by atoms with Gasteiger partial charge in [-0.3, -0.25) is 9.59 Å². The molecule has 1 aliphatic rings. The predicted octanol–water partition coefficient (Wildman–Crippen LogP) is 0.577. The summed E-state index contributed by atoms with van der Waals surface area (Å²) < 4.78 is 27.2. The molecule has 7 nitrogen and oxygen atoms in total. The van der Waals surface area contributed by atoms with Crippen LogP contribution >= 0.6 is 0 Å². The van der Waals surface area contributed by atoms with Crippen LogP contribution in [0.2, 0.25) is 0 Å². The average Bonchev–Trinajstić information content (AvgIpc) is 2.65. The van der Waals surface area contributed by atoms with Crippen LogP contribution in [0.1, 0.15) is 44.0 Å². The zero-order valence-corrected chi connectivity index (χ0v) is 18.9. The molecule has 2 N–H and O–H groups in total. The Kier molecular flexibility index (Phi) is 7.59. The number of nitrogens with one attached hydrogen (secondary N) is 2. The fraction of sp³-hybridized carbons (Fsp3) is 0.619. The van der Waals surface area contributed by atoms with Gasteiger partial charge in [-0.05, 0) is 31.9 Å². The fourth-order valence-electron chi connectivity index (χ4n) is 3.87. The van der Waals surface area contributed by atoms with Crippen LogP contribution in [-0.4, -0.2) is 64.7 Å². The molecule has 1 saturated heterocycles. The highest BCUT2D eigenvalue weighted by molar-refractivity contribution is 7.89. The maximum Gasteiger partial charge on any atom is 0.243 e. The summed E-state index contributed by atoms with van der Waals surface area (Å²) in [6, 6.07) is 6.12. The average molecular weight is 425 g/mol. The molecule has 0 radical (unpaired) electrons. The number of hydrogen-bond donors (Lipinski definition) is 2. The van der Waals surface area contributed by atoms with Crippen LogP contribution in [0.25, 0.3) is 0 Å². The third-order valence-electron chi connectivity index (χ3n) is 5.28. The first-order chi connectivity index (χ1) is 13.4. The van der Waals surface area contributed by atoms with Crippen LogP contribution in [0.5, 0.6) is 0 Å². The number of hydrogen-bond acceptors (Lipinski definition) is 4. The third-order valence-corrected chi connectivity index (χ3v) is 7.17. The van der Waals surface area contributed by atoms with Gasteiger partial charge in [-0.1, -0.05) is 26.0 Å². The van der Waals surface area contributed by atoms with Crippen molar-refractivity contribution in [3.63, 3.8) is 0 Å². The Morgan fingerprint density at radius 1 is 1.21 bits per heavy atom. The van der Waals surface area contributed by atoms with E-state index >= 15 is 0 Å². The summed E-state index contributed by atoms with van der Waals surface area (Å²) in [6.07, 6.45) is 0.994. The quantitative estimate of drug-likeness (QED) is 0.598. The van der Waals surface area contributed by atoms with Gasteiger partial charge >= 0.3 is 0 Å². The number of ketones is 1. The number of sulfonamides is 1. The van der Waals surface area contributed by atoms with Gasteiger partial charge in [-0.2, -0.15) is 4.31 Å². The normalized spacial score (nSPS) is 16.8. The first kappa shape index (κ1) is 23.5. The standard InChI is InChI=1S/C21H33N3O4S/c1-16(25)18-7-6-8-19(13-18)29(27,28)24-11-9-17(10-12-24)20(26)22-14-21(2,3)15-23(4)5/h6-8,13,17H,9-12,14-15H2,1-5H3,(H,22,26)/p+1. The van der Waals surface area contributed by atoms with Crippen molar-refractivity contribution in [2.75, 3.05) is 40.3 Å². The highest BCUT2D eigenvalue weighted by Gasteiger charge is 2.33. The molecule has 1 amide bonds. The molecule has 0 spiro atoms. The molecular weight excluding hydrogens is 390 g/mol. The largest absolute Gasteiger partial charge is 0.355 e. The second kappa shape index (κ2) is 9.36. The Hall–Kier alpha value is -1.77. The zero-order chi connectivity index (χ0) is 21.8. The van der Waals surface area contributed by atoms with E-state index < -0.39 is 10.0 Å². The summed E-state index contributed by atoms with van der Waals surface area (Å²) in [7, 11) is 0.509. The maximum atomic E-state index is 12.9. The third kappa shape index (κ3) is 6.35. The molecule has 1 heterocycles. The maximum absolute atomic E-state index is 12.9. The number of nitrogens with zero attached hydrogens (tertiary/aromatic N) is 1. The number of carbonyl (C=O) groups excluding carboxylic acids is 2. The lowest BCUT2D eigenvalue weighted by Gasteiger charge is -2.32. The van der Waals surface area contributed by atoms with Gasteiger partial charge in [-0.25, -0.2) is 8.42 Å². The van der Waals surface area contributed by atoms with E-state index in [2.05, 4.69) is 33.3 Å². The van der Waals surface area contributed by atoms with Crippen LogP contribution < -0.4 is 10.2 Å². The molecule has 2 rings (SSSR count). The fourth-order valence-corrected chi connectivity index (χ4v) is 5.39.